The molecule has 0 bridgehead atoms. The van der Waals surface area contributed by atoms with Crippen LogP contribution in [0, 0.1) is 18.8 Å². The van der Waals surface area contributed by atoms with Gasteiger partial charge in [-0.3, -0.25) is 24.9 Å². The lowest BCUT2D eigenvalue weighted by Crippen LogP contribution is -2.46. The van der Waals surface area contributed by atoms with E-state index in [4.69, 9.17) is 45.4 Å². The van der Waals surface area contributed by atoms with Gasteiger partial charge >= 0.3 is 0 Å². The van der Waals surface area contributed by atoms with Gasteiger partial charge in [0.2, 0.25) is 5.91 Å². The number of rotatable bonds is 10. The Morgan fingerprint density at radius 3 is 2.19 bits per heavy atom. The van der Waals surface area contributed by atoms with Gasteiger partial charge in [-0.15, -0.1) is 0 Å². The Hall–Kier alpha value is -5.05. The molecule has 0 spiro atoms. The molecule has 0 aliphatic carbocycles. The molecule has 6 heterocycles. The van der Waals surface area contributed by atoms with Crippen molar-refractivity contribution in [3.63, 3.8) is 0 Å². The van der Waals surface area contributed by atoms with E-state index in [1.54, 1.807) is 42.4 Å². The van der Waals surface area contributed by atoms with Crippen molar-refractivity contribution in [2.75, 3.05) is 52.1 Å². The maximum Gasteiger partial charge on any atom is 0.286 e. The second kappa shape index (κ2) is 21.4. The van der Waals surface area contributed by atoms with Gasteiger partial charge in [0.1, 0.15) is 18.6 Å². The monoisotopic (exact) mass is 898 g/mol. The predicted molar refractivity (Wildman–Crippen MR) is 245 cm³/mol. The number of piperidine rings is 3. The van der Waals surface area contributed by atoms with E-state index in [1.165, 1.54) is 12.0 Å². The van der Waals surface area contributed by atoms with E-state index < -0.39 is 0 Å². The van der Waals surface area contributed by atoms with E-state index in [-0.39, 0.29) is 17.7 Å². The Balaban J connectivity index is 0.000000187. The van der Waals surface area contributed by atoms with Crippen molar-refractivity contribution in [1.82, 2.24) is 40.0 Å². The minimum atomic E-state index is -0.228. The second-order valence-electron chi connectivity index (χ2n) is 15.9. The van der Waals surface area contributed by atoms with E-state index in [2.05, 4.69) is 30.5 Å². The van der Waals surface area contributed by atoms with Crippen LogP contribution in [0.3, 0.4) is 0 Å². The number of benzene rings is 2. The van der Waals surface area contributed by atoms with E-state index >= 15 is 0 Å². The van der Waals surface area contributed by atoms with Crippen LogP contribution in [0.5, 0.6) is 0 Å². The van der Waals surface area contributed by atoms with Gasteiger partial charge in [-0.05, 0) is 119 Å². The topological polar surface area (TPSA) is 147 Å². The van der Waals surface area contributed by atoms with Crippen molar-refractivity contribution >= 4 is 58.1 Å². The molecule has 5 aromatic rings. The normalized spacial score (nSPS) is 17.0. The lowest BCUT2D eigenvalue weighted by molar-refractivity contribution is -0.138. The number of hydrazine groups is 1. The minimum absolute atomic E-state index is 0.119. The molecule has 3 N–H and O–H groups in total. The first-order valence-electron chi connectivity index (χ1n) is 21.2. The highest BCUT2D eigenvalue weighted by Crippen LogP contribution is 2.34. The summed E-state index contributed by atoms with van der Waals surface area (Å²) < 4.78 is 1.70. The van der Waals surface area contributed by atoms with Gasteiger partial charge in [-0.1, -0.05) is 64.6 Å². The van der Waals surface area contributed by atoms with Gasteiger partial charge in [0.15, 0.2) is 5.69 Å². The van der Waals surface area contributed by atoms with Gasteiger partial charge in [0, 0.05) is 78.1 Å². The van der Waals surface area contributed by atoms with Gasteiger partial charge in [-0.25, -0.2) is 14.7 Å². The third-order valence-corrected chi connectivity index (χ3v) is 12.5. The summed E-state index contributed by atoms with van der Waals surface area (Å²) in [5.41, 5.74) is 15.1. The summed E-state index contributed by atoms with van der Waals surface area (Å²) in [6.45, 7) is 7.82. The fraction of sp³-hybridized carbons (Fsp3) is 0.391. The summed E-state index contributed by atoms with van der Waals surface area (Å²) in [7, 11) is 1.57. The fourth-order valence-electron chi connectivity index (χ4n) is 8.45. The molecule has 0 unspecified atom stereocenters. The van der Waals surface area contributed by atoms with Gasteiger partial charge in [0.05, 0.1) is 22.1 Å². The smallest absolute Gasteiger partial charge is 0.286 e. The van der Waals surface area contributed by atoms with Crippen LogP contribution >= 0.6 is 34.8 Å². The molecule has 326 valence electrons. The summed E-state index contributed by atoms with van der Waals surface area (Å²) in [6, 6.07) is 22.4. The summed E-state index contributed by atoms with van der Waals surface area (Å²) in [5, 5.41) is 12.5. The van der Waals surface area contributed by atoms with E-state index in [0.717, 1.165) is 113 Å². The molecule has 0 saturated carbocycles. The number of likely N-dealkylation sites (tertiary alicyclic amines) is 2. The average Bonchev–Trinajstić information content (AvgIpc) is 3.63. The molecule has 2 aromatic carbocycles. The van der Waals surface area contributed by atoms with Gasteiger partial charge in [-0.2, -0.15) is 5.10 Å². The first-order valence-corrected chi connectivity index (χ1v) is 22.3. The number of nitrogens with one attached hydrogen (secondary N) is 1. The molecule has 13 nitrogen and oxygen atoms in total. The van der Waals surface area contributed by atoms with Crippen LogP contribution < -0.4 is 11.2 Å². The summed E-state index contributed by atoms with van der Waals surface area (Å²) in [6.07, 6.45) is 10.4. The number of amides is 2. The SMILES string of the molecule is CO/N=C(/c1ccccn1)C1CCN(C(=O)C2CCN(Cc3ccnc(N)c3)CC2)CC1.Cc1c(C(=O)NN2CCCCC2)nn(-c2ccc(Cl)cc2Cl)c1-c1ccc(Cl)cc1. The first kappa shape index (κ1) is 45.0. The third-order valence-electron chi connectivity index (χ3n) is 11.7. The Morgan fingerprint density at radius 1 is 0.823 bits per heavy atom. The zero-order valence-electron chi connectivity index (χ0n) is 35.2. The van der Waals surface area contributed by atoms with Crippen LogP contribution in [-0.4, -0.2) is 98.5 Å². The number of carbonyl (C=O) groups is 2. The molecule has 2 amide bonds. The quantitative estimate of drug-likeness (QED) is 0.104. The molecule has 0 radical (unpaired) electrons. The van der Waals surface area contributed by atoms with Crippen molar-refractivity contribution in [1.29, 1.82) is 0 Å². The van der Waals surface area contributed by atoms with Crippen molar-refractivity contribution in [3.8, 4) is 16.9 Å². The van der Waals surface area contributed by atoms with Crippen molar-refractivity contribution in [3.05, 3.63) is 123 Å². The Labute approximate surface area is 378 Å². The number of hydrogen-bond acceptors (Lipinski definition) is 10. The molecule has 0 atom stereocenters. The highest BCUT2D eigenvalue weighted by atomic mass is 35.5. The number of oxime groups is 1. The number of aromatic nitrogens is 4. The van der Waals surface area contributed by atoms with Crippen molar-refractivity contribution in [2.24, 2.45) is 17.0 Å². The molecule has 3 aliphatic rings. The Kier molecular flexibility index (Phi) is 15.5. The number of nitrogen functional groups attached to an aromatic ring is 1. The molecule has 3 aliphatic heterocycles. The third kappa shape index (κ3) is 11.3. The number of hydrogen-bond donors (Lipinski definition) is 2. The second-order valence-corrected chi connectivity index (χ2v) is 17.2. The zero-order valence-corrected chi connectivity index (χ0v) is 37.4. The molecular formula is C46H53Cl3N10O3. The molecule has 3 aromatic heterocycles. The maximum atomic E-state index is 13.2. The van der Waals surface area contributed by atoms with Crippen LogP contribution in [0.15, 0.2) is 90.3 Å². The molecular weight excluding hydrogens is 847 g/mol. The van der Waals surface area contributed by atoms with Crippen LogP contribution in [-0.2, 0) is 16.2 Å². The highest BCUT2D eigenvalue weighted by Gasteiger charge is 2.33. The van der Waals surface area contributed by atoms with E-state index in [0.29, 0.717) is 38.2 Å². The van der Waals surface area contributed by atoms with Crippen LogP contribution in [0.2, 0.25) is 15.1 Å². The van der Waals surface area contributed by atoms with Gasteiger partial charge in [0.25, 0.3) is 5.91 Å². The van der Waals surface area contributed by atoms with Gasteiger partial charge < -0.3 is 15.5 Å². The zero-order chi connectivity index (χ0) is 43.6. The van der Waals surface area contributed by atoms with E-state index in [9.17, 15) is 9.59 Å². The Morgan fingerprint density at radius 2 is 1.53 bits per heavy atom. The number of nitrogens with two attached hydrogens (primary N) is 1. The van der Waals surface area contributed by atoms with E-state index in [1.807, 2.05) is 71.4 Å². The highest BCUT2D eigenvalue weighted by molar-refractivity contribution is 6.35. The van der Waals surface area contributed by atoms with Crippen LogP contribution in [0.4, 0.5) is 5.82 Å². The number of nitrogens with zero attached hydrogens (tertiary/aromatic N) is 8. The average molecular weight is 900 g/mol. The summed E-state index contributed by atoms with van der Waals surface area (Å²) in [5.74, 6) is 1.00. The van der Waals surface area contributed by atoms with Crippen molar-refractivity contribution in [2.45, 2.75) is 58.4 Å². The summed E-state index contributed by atoms with van der Waals surface area (Å²) >= 11 is 18.6. The van der Waals surface area contributed by atoms with Crippen molar-refractivity contribution < 1.29 is 14.4 Å². The first-order chi connectivity index (χ1) is 30.1. The molecule has 3 saturated heterocycles. The predicted octanol–water partition coefficient (Wildman–Crippen LogP) is 8.50. The number of pyridine rings is 2. The Bertz CT molecular complexity index is 2320. The molecule has 8 rings (SSSR count). The number of anilines is 1. The molecule has 16 heteroatoms. The van der Waals surface area contributed by atoms with Crippen LogP contribution in [0.25, 0.3) is 16.9 Å². The standard InChI is InChI=1S/C24H32N6O2.C22H21Cl3N4O/c1-32-28-23(21-4-2-3-10-26-21)19-8-14-30(15-9-19)24(31)20-6-12-29(13-7-20)17-18-5-11-27-22(25)16-18;1-14-20(22(30)27-28-11-3-2-4-12-28)26-29(19-10-9-17(24)13-18(19)25)21(14)15-5-7-16(23)8-6-15/h2-5,10-11,16,19-20H,6-9,12-15,17H2,1H3,(H2,25,27);5-10,13H,2-4,11-12H2,1H3,(H,27,30)/b28-23+;. The molecule has 62 heavy (non-hydrogen) atoms. The lowest BCUT2D eigenvalue weighted by Gasteiger charge is -2.37. The number of carbonyl (C=O) groups excluding carboxylic acids is 2. The maximum absolute atomic E-state index is 13.2. The lowest BCUT2D eigenvalue weighted by atomic mass is 9.88. The minimum Gasteiger partial charge on any atom is -0.399 e. The van der Waals surface area contributed by atoms with Crippen LogP contribution in [0.1, 0.15) is 72.3 Å². The largest absolute Gasteiger partial charge is 0.399 e. The molecule has 3 fully saturated rings. The fourth-order valence-corrected chi connectivity index (χ4v) is 9.07. The number of halogens is 3. The summed E-state index contributed by atoms with van der Waals surface area (Å²) in [4.78, 5) is 44.2.